The summed E-state index contributed by atoms with van der Waals surface area (Å²) >= 11 is 0. The molecular formula is C13H15NO3S. The minimum atomic E-state index is -3.53. The number of sulfone groups is 1. The lowest BCUT2D eigenvalue weighted by Crippen LogP contribution is -2.20. The van der Waals surface area contributed by atoms with Crippen LogP contribution in [0.3, 0.4) is 0 Å². The van der Waals surface area contributed by atoms with Crippen molar-refractivity contribution in [2.24, 2.45) is 5.73 Å². The van der Waals surface area contributed by atoms with E-state index in [2.05, 4.69) is 6.58 Å². The molecule has 0 aliphatic carbocycles. The monoisotopic (exact) mass is 265 g/mol. The van der Waals surface area contributed by atoms with Crippen molar-refractivity contribution in [1.29, 1.82) is 0 Å². The minimum Gasteiger partial charge on any atom is -0.366 e. The topological polar surface area (TPSA) is 77.2 Å². The number of primary amides is 1. The second kappa shape index (κ2) is 3.95. The zero-order chi connectivity index (χ0) is 13.7. The fraction of sp³-hybridized carbons (Fsp3) is 0.308. The largest absolute Gasteiger partial charge is 0.366 e. The highest BCUT2D eigenvalue weighted by atomic mass is 32.2. The first kappa shape index (κ1) is 12.8. The van der Waals surface area contributed by atoms with Gasteiger partial charge in [-0.15, -0.1) is 0 Å². The molecule has 0 saturated heterocycles. The third-order valence-corrected chi connectivity index (χ3v) is 5.22. The smallest absolute Gasteiger partial charge is 0.249 e. The molecule has 1 aromatic carbocycles. The lowest BCUT2D eigenvalue weighted by atomic mass is 9.93. The van der Waals surface area contributed by atoms with Crippen molar-refractivity contribution in [3.8, 4) is 0 Å². The van der Waals surface area contributed by atoms with Gasteiger partial charge >= 0.3 is 0 Å². The van der Waals surface area contributed by atoms with Gasteiger partial charge in [-0.1, -0.05) is 19.6 Å². The third-order valence-electron chi connectivity index (χ3n) is 3.36. The standard InChI is InChI=1S/C13H15NO3S/c1-7-4-9(3)18(16,17)12-6-11(13(14)15)8(2)5-10(7)12/h5-7H,3-4H2,1-2H3,(H2,14,15). The molecule has 96 valence electrons. The first-order valence-corrected chi connectivity index (χ1v) is 7.10. The molecule has 1 unspecified atom stereocenters. The van der Waals surface area contributed by atoms with Crippen LogP contribution in [0.2, 0.25) is 0 Å². The maximum Gasteiger partial charge on any atom is 0.249 e. The van der Waals surface area contributed by atoms with Crippen LogP contribution in [0.1, 0.15) is 40.7 Å². The van der Waals surface area contributed by atoms with Crippen molar-refractivity contribution >= 4 is 15.7 Å². The molecule has 1 aliphatic rings. The summed E-state index contributed by atoms with van der Waals surface area (Å²) in [6.07, 6.45) is 0.421. The summed E-state index contributed by atoms with van der Waals surface area (Å²) in [4.78, 5) is 11.7. The molecule has 4 nitrogen and oxygen atoms in total. The number of aryl methyl sites for hydroxylation is 1. The van der Waals surface area contributed by atoms with Gasteiger partial charge < -0.3 is 5.73 Å². The maximum atomic E-state index is 12.2. The van der Waals surface area contributed by atoms with Gasteiger partial charge in [-0.05, 0) is 36.5 Å². The molecule has 1 atom stereocenters. The predicted octanol–water partition coefficient (Wildman–Crippen LogP) is 1.89. The van der Waals surface area contributed by atoms with Gasteiger partial charge in [0.05, 0.1) is 4.90 Å². The van der Waals surface area contributed by atoms with Crippen LogP contribution in [0, 0.1) is 6.92 Å². The molecule has 18 heavy (non-hydrogen) atoms. The number of benzene rings is 1. The van der Waals surface area contributed by atoms with Crippen LogP contribution >= 0.6 is 0 Å². The van der Waals surface area contributed by atoms with E-state index in [0.29, 0.717) is 12.0 Å². The zero-order valence-electron chi connectivity index (χ0n) is 10.4. The van der Waals surface area contributed by atoms with Crippen molar-refractivity contribution in [3.63, 3.8) is 0 Å². The fourth-order valence-corrected chi connectivity index (χ4v) is 3.93. The van der Waals surface area contributed by atoms with Gasteiger partial charge in [-0.25, -0.2) is 8.42 Å². The molecule has 0 spiro atoms. The van der Waals surface area contributed by atoms with Crippen molar-refractivity contribution in [1.82, 2.24) is 0 Å². The van der Waals surface area contributed by atoms with E-state index in [4.69, 9.17) is 5.73 Å². The number of hydrogen-bond acceptors (Lipinski definition) is 3. The number of amides is 1. The molecule has 1 amide bonds. The SMILES string of the molecule is C=C1CC(C)c2cc(C)c(C(N)=O)cc2S1(=O)=O. The van der Waals surface area contributed by atoms with Crippen LogP contribution in [0.5, 0.6) is 0 Å². The van der Waals surface area contributed by atoms with Crippen molar-refractivity contribution < 1.29 is 13.2 Å². The van der Waals surface area contributed by atoms with Gasteiger partial charge in [-0.2, -0.15) is 0 Å². The number of nitrogens with two attached hydrogens (primary N) is 1. The minimum absolute atomic E-state index is 0.0802. The number of hydrogen-bond donors (Lipinski definition) is 1. The summed E-state index contributed by atoms with van der Waals surface area (Å²) in [6, 6.07) is 3.12. The van der Waals surface area contributed by atoms with Crippen LogP contribution in [0.15, 0.2) is 28.5 Å². The molecule has 5 heteroatoms. The van der Waals surface area contributed by atoms with E-state index >= 15 is 0 Å². The number of carbonyl (C=O) groups is 1. The second-order valence-corrected chi connectivity index (χ2v) is 6.74. The number of fused-ring (bicyclic) bond motifs is 1. The Kier molecular flexibility index (Phi) is 2.81. The Morgan fingerprint density at radius 2 is 2.06 bits per heavy atom. The summed E-state index contributed by atoms with van der Waals surface area (Å²) in [5, 5.41) is 0. The number of rotatable bonds is 1. The average molecular weight is 265 g/mol. The molecule has 1 aliphatic heterocycles. The number of carbonyl (C=O) groups excluding carboxylic acids is 1. The molecule has 0 aromatic heterocycles. The molecule has 2 N–H and O–H groups in total. The lowest BCUT2D eigenvalue weighted by Gasteiger charge is -2.25. The quantitative estimate of drug-likeness (QED) is 0.842. The highest BCUT2D eigenvalue weighted by Gasteiger charge is 2.32. The van der Waals surface area contributed by atoms with Crippen molar-refractivity contribution in [2.45, 2.75) is 31.1 Å². The molecule has 0 fully saturated rings. The Bertz CT molecular complexity index is 659. The van der Waals surface area contributed by atoms with E-state index in [0.717, 1.165) is 5.56 Å². The van der Waals surface area contributed by atoms with Crippen LogP contribution < -0.4 is 5.73 Å². The molecule has 0 radical (unpaired) electrons. The second-order valence-electron chi connectivity index (χ2n) is 4.72. The Morgan fingerprint density at radius 3 is 2.61 bits per heavy atom. The van der Waals surface area contributed by atoms with Crippen LogP contribution in [-0.4, -0.2) is 14.3 Å². The summed E-state index contributed by atoms with van der Waals surface area (Å²) in [6.45, 7) is 7.31. The third kappa shape index (κ3) is 1.75. The molecule has 0 saturated carbocycles. The molecule has 0 bridgehead atoms. The van der Waals surface area contributed by atoms with E-state index in [9.17, 15) is 13.2 Å². The average Bonchev–Trinajstić information content (AvgIpc) is 2.25. The van der Waals surface area contributed by atoms with E-state index in [1.807, 2.05) is 6.92 Å². The van der Waals surface area contributed by atoms with Gasteiger partial charge in [0.1, 0.15) is 0 Å². The van der Waals surface area contributed by atoms with Crippen molar-refractivity contribution in [2.75, 3.05) is 0 Å². The van der Waals surface area contributed by atoms with Gasteiger partial charge in [0.25, 0.3) is 0 Å². The summed E-state index contributed by atoms with van der Waals surface area (Å²) in [5.74, 6) is -0.536. The molecule has 1 aromatic rings. The van der Waals surface area contributed by atoms with Crippen molar-refractivity contribution in [3.05, 3.63) is 40.3 Å². The van der Waals surface area contributed by atoms with Crippen LogP contribution in [0.4, 0.5) is 0 Å². The zero-order valence-corrected chi connectivity index (χ0v) is 11.2. The Labute approximate surface area is 106 Å². The highest BCUT2D eigenvalue weighted by Crippen LogP contribution is 2.40. The number of allylic oxidation sites excluding steroid dienone is 1. The summed E-state index contributed by atoms with van der Waals surface area (Å²) < 4.78 is 24.4. The first-order valence-electron chi connectivity index (χ1n) is 5.62. The van der Waals surface area contributed by atoms with Crippen LogP contribution in [-0.2, 0) is 9.84 Å². The summed E-state index contributed by atoms with van der Waals surface area (Å²) in [5.41, 5.74) is 6.94. The van der Waals surface area contributed by atoms with Crippen LogP contribution in [0.25, 0.3) is 0 Å². The maximum absolute atomic E-state index is 12.2. The normalized spacial score (nSPS) is 21.4. The molecular weight excluding hydrogens is 250 g/mol. The van der Waals surface area contributed by atoms with Gasteiger partial charge in [0.2, 0.25) is 15.7 Å². The highest BCUT2D eigenvalue weighted by molar-refractivity contribution is 7.95. The Hall–Kier alpha value is -1.62. The Balaban J connectivity index is 2.81. The van der Waals surface area contributed by atoms with E-state index < -0.39 is 15.7 Å². The molecule has 2 rings (SSSR count). The van der Waals surface area contributed by atoms with E-state index in [-0.39, 0.29) is 21.3 Å². The first-order chi connectivity index (χ1) is 8.25. The lowest BCUT2D eigenvalue weighted by molar-refractivity contribution is 0.0999. The molecule has 1 heterocycles. The van der Waals surface area contributed by atoms with E-state index in [1.54, 1.807) is 13.0 Å². The fourth-order valence-electron chi connectivity index (χ4n) is 2.31. The van der Waals surface area contributed by atoms with E-state index in [1.165, 1.54) is 6.07 Å². The predicted molar refractivity (Wildman–Crippen MR) is 69.1 cm³/mol. The Morgan fingerprint density at radius 1 is 1.44 bits per heavy atom. The van der Waals surface area contributed by atoms with Gasteiger partial charge in [0.15, 0.2) is 0 Å². The summed E-state index contributed by atoms with van der Waals surface area (Å²) in [7, 11) is -3.53. The van der Waals surface area contributed by atoms with Gasteiger partial charge in [-0.3, -0.25) is 4.79 Å². The van der Waals surface area contributed by atoms with Gasteiger partial charge in [0, 0.05) is 10.5 Å².